The van der Waals surface area contributed by atoms with Gasteiger partial charge in [-0.3, -0.25) is 24.0 Å². The zero-order valence-electron chi connectivity index (χ0n) is 16.3. The highest BCUT2D eigenvalue weighted by molar-refractivity contribution is 7.71. The first-order valence-electron chi connectivity index (χ1n) is 9.75. The van der Waals surface area contributed by atoms with E-state index in [0.717, 1.165) is 25.3 Å². The monoisotopic (exact) mass is 409 g/mol. The number of aromatic nitrogens is 3. The van der Waals surface area contributed by atoms with Crippen molar-refractivity contribution < 1.29 is 4.79 Å². The van der Waals surface area contributed by atoms with Gasteiger partial charge in [0.1, 0.15) is 0 Å². The standard InChI is InChI=1S/C21H23N5O2S/c1-2-26-20(28)17-7-6-15(13-18(17)23-21(26)29)19(27)25-11-9-24(10-12-25)14-16-5-3-4-8-22-16/h3-8,13H,2,9-12,14H2,1H3,(H,23,29). The summed E-state index contributed by atoms with van der Waals surface area (Å²) >= 11 is 5.27. The van der Waals surface area contributed by atoms with Gasteiger partial charge in [0.2, 0.25) is 0 Å². The molecule has 0 atom stereocenters. The molecule has 1 saturated heterocycles. The van der Waals surface area contributed by atoms with E-state index in [2.05, 4.69) is 14.9 Å². The summed E-state index contributed by atoms with van der Waals surface area (Å²) in [4.78, 5) is 37.1. The van der Waals surface area contributed by atoms with Crippen LogP contribution >= 0.6 is 12.2 Å². The number of benzene rings is 1. The van der Waals surface area contributed by atoms with Gasteiger partial charge in [-0.1, -0.05) is 6.07 Å². The van der Waals surface area contributed by atoms with Crippen LogP contribution in [0.2, 0.25) is 0 Å². The Balaban J connectivity index is 1.48. The van der Waals surface area contributed by atoms with Crippen molar-refractivity contribution in [1.82, 2.24) is 24.3 Å². The summed E-state index contributed by atoms with van der Waals surface area (Å²) in [5.74, 6) is -0.0247. The zero-order valence-corrected chi connectivity index (χ0v) is 17.1. The molecule has 0 saturated carbocycles. The maximum Gasteiger partial charge on any atom is 0.262 e. The van der Waals surface area contributed by atoms with Crippen molar-refractivity contribution in [2.45, 2.75) is 20.0 Å². The lowest BCUT2D eigenvalue weighted by atomic mass is 10.1. The molecule has 3 heterocycles. The van der Waals surface area contributed by atoms with E-state index in [9.17, 15) is 9.59 Å². The summed E-state index contributed by atoms with van der Waals surface area (Å²) in [6.07, 6.45) is 1.80. The van der Waals surface area contributed by atoms with Crippen molar-refractivity contribution in [3.8, 4) is 0 Å². The molecule has 1 aliphatic rings. The Labute approximate surface area is 173 Å². The number of hydrogen-bond acceptors (Lipinski definition) is 5. The third-order valence-electron chi connectivity index (χ3n) is 5.32. The van der Waals surface area contributed by atoms with Crippen LogP contribution < -0.4 is 5.56 Å². The molecule has 0 aliphatic carbocycles. The van der Waals surface area contributed by atoms with Crippen molar-refractivity contribution in [3.63, 3.8) is 0 Å². The number of pyridine rings is 1. The van der Waals surface area contributed by atoms with E-state index >= 15 is 0 Å². The largest absolute Gasteiger partial charge is 0.336 e. The number of aromatic amines is 1. The quantitative estimate of drug-likeness (QED) is 0.670. The number of H-pyrrole nitrogens is 1. The highest BCUT2D eigenvalue weighted by atomic mass is 32.1. The summed E-state index contributed by atoms with van der Waals surface area (Å²) in [5, 5.41) is 0.539. The minimum Gasteiger partial charge on any atom is -0.336 e. The predicted octanol–water partition coefficient (Wildman–Crippen LogP) is 2.43. The van der Waals surface area contributed by atoms with E-state index in [1.807, 2.05) is 30.0 Å². The lowest BCUT2D eigenvalue weighted by molar-refractivity contribution is 0.0627. The summed E-state index contributed by atoms with van der Waals surface area (Å²) < 4.78 is 1.89. The van der Waals surface area contributed by atoms with Gasteiger partial charge >= 0.3 is 0 Å². The fourth-order valence-electron chi connectivity index (χ4n) is 3.69. The lowest BCUT2D eigenvalue weighted by Crippen LogP contribution is -2.48. The predicted molar refractivity (Wildman–Crippen MR) is 114 cm³/mol. The van der Waals surface area contributed by atoms with E-state index in [1.54, 1.807) is 24.4 Å². The second-order valence-corrected chi connectivity index (χ2v) is 7.52. The molecule has 1 amide bonds. The number of hydrogen-bond donors (Lipinski definition) is 1. The van der Waals surface area contributed by atoms with Crippen LogP contribution in [0, 0.1) is 4.77 Å². The first kappa shape index (κ1) is 19.5. The van der Waals surface area contributed by atoms with Crippen molar-refractivity contribution in [3.05, 3.63) is 69.0 Å². The number of carbonyl (C=O) groups excluding carboxylic acids is 1. The Bertz CT molecular complexity index is 1150. The first-order chi connectivity index (χ1) is 14.1. The molecule has 0 spiro atoms. The highest BCUT2D eigenvalue weighted by Crippen LogP contribution is 2.15. The van der Waals surface area contributed by atoms with Crippen LogP contribution in [0.15, 0.2) is 47.4 Å². The van der Waals surface area contributed by atoms with Gasteiger partial charge in [0.05, 0.1) is 16.6 Å². The fourth-order valence-corrected chi connectivity index (χ4v) is 4.01. The minimum absolute atomic E-state index is 0.0247. The Morgan fingerprint density at radius 2 is 1.97 bits per heavy atom. The maximum atomic E-state index is 13.0. The number of nitrogens with one attached hydrogen (secondary N) is 1. The summed E-state index contributed by atoms with van der Waals surface area (Å²) in [6.45, 7) is 6.11. The highest BCUT2D eigenvalue weighted by Gasteiger charge is 2.22. The van der Waals surface area contributed by atoms with Crippen molar-refractivity contribution in [2.24, 2.45) is 0 Å². The maximum absolute atomic E-state index is 13.0. The average Bonchev–Trinajstić information content (AvgIpc) is 2.74. The molecule has 7 nitrogen and oxygen atoms in total. The molecule has 0 bridgehead atoms. The molecular formula is C21H23N5O2S. The molecule has 1 aliphatic heterocycles. The van der Waals surface area contributed by atoms with E-state index in [-0.39, 0.29) is 11.5 Å². The molecule has 1 fully saturated rings. The van der Waals surface area contributed by atoms with Gasteiger partial charge < -0.3 is 9.88 Å². The molecule has 4 rings (SSSR count). The summed E-state index contributed by atoms with van der Waals surface area (Å²) in [7, 11) is 0. The van der Waals surface area contributed by atoms with Crippen LogP contribution in [-0.2, 0) is 13.1 Å². The Hall–Kier alpha value is -2.84. The van der Waals surface area contributed by atoms with Gasteiger partial charge in [0.25, 0.3) is 11.5 Å². The Morgan fingerprint density at radius 1 is 1.17 bits per heavy atom. The van der Waals surface area contributed by atoms with Gasteiger partial charge in [-0.2, -0.15) is 0 Å². The van der Waals surface area contributed by atoms with Crippen LogP contribution in [0.4, 0.5) is 0 Å². The zero-order chi connectivity index (χ0) is 20.4. The molecule has 8 heteroatoms. The molecule has 2 aromatic heterocycles. The number of amides is 1. The molecule has 0 unspecified atom stereocenters. The van der Waals surface area contributed by atoms with Crippen LogP contribution in [0.25, 0.3) is 10.9 Å². The molecule has 1 aromatic carbocycles. The van der Waals surface area contributed by atoms with Crippen molar-refractivity contribution in [2.75, 3.05) is 26.2 Å². The molecular weight excluding hydrogens is 386 g/mol. The average molecular weight is 410 g/mol. The Kier molecular flexibility index (Phi) is 5.55. The van der Waals surface area contributed by atoms with Gasteiger partial charge in [-0.25, -0.2) is 0 Å². The SMILES string of the molecule is CCn1c(=S)[nH]c2cc(C(=O)N3CCN(Cc4ccccn4)CC3)ccc2c1=O. The topological polar surface area (TPSA) is 74.2 Å². The second kappa shape index (κ2) is 8.26. The summed E-state index contributed by atoms with van der Waals surface area (Å²) in [6, 6.07) is 11.1. The number of rotatable bonds is 4. The summed E-state index contributed by atoms with van der Waals surface area (Å²) in [5.41, 5.74) is 2.07. The van der Waals surface area contributed by atoms with Crippen LogP contribution in [0.3, 0.4) is 0 Å². The fraction of sp³-hybridized carbons (Fsp3) is 0.333. The van der Waals surface area contributed by atoms with Gasteiger partial charge in [-0.05, 0) is 49.5 Å². The molecule has 0 radical (unpaired) electrons. The lowest BCUT2D eigenvalue weighted by Gasteiger charge is -2.34. The molecule has 1 N–H and O–H groups in total. The first-order valence-corrected chi connectivity index (χ1v) is 10.2. The van der Waals surface area contributed by atoms with Gasteiger partial charge in [-0.15, -0.1) is 0 Å². The minimum atomic E-state index is -0.131. The van der Waals surface area contributed by atoms with Crippen LogP contribution in [0.5, 0.6) is 0 Å². The molecule has 150 valence electrons. The van der Waals surface area contributed by atoms with Gasteiger partial charge in [0.15, 0.2) is 4.77 Å². The van der Waals surface area contributed by atoms with Crippen molar-refractivity contribution >= 4 is 29.0 Å². The van der Waals surface area contributed by atoms with Crippen LogP contribution in [0.1, 0.15) is 23.0 Å². The van der Waals surface area contributed by atoms with E-state index in [1.165, 1.54) is 4.57 Å². The smallest absolute Gasteiger partial charge is 0.262 e. The number of fused-ring (bicyclic) bond motifs is 1. The van der Waals surface area contributed by atoms with E-state index in [0.29, 0.717) is 40.9 Å². The van der Waals surface area contributed by atoms with Crippen LogP contribution in [-0.4, -0.2) is 56.4 Å². The third kappa shape index (κ3) is 3.99. The Morgan fingerprint density at radius 3 is 2.66 bits per heavy atom. The third-order valence-corrected chi connectivity index (χ3v) is 5.64. The number of carbonyl (C=O) groups is 1. The van der Waals surface area contributed by atoms with E-state index < -0.39 is 0 Å². The normalized spacial score (nSPS) is 15.0. The van der Waals surface area contributed by atoms with Crippen molar-refractivity contribution in [1.29, 1.82) is 0 Å². The second-order valence-electron chi connectivity index (χ2n) is 7.13. The van der Waals surface area contributed by atoms with E-state index in [4.69, 9.17) is 12.2 Å². The number of nitrogens with zero attached hydrogens (tertiary/aromatic N) is 4. The molecule has 29 heavy (non-hydrogen) atoms. The van der Waals surface area contributed by atoms with Gasteiger partial charge in [0, 0.05) is 51.0 Å². The molecule has 3 aromatic rings. The number of piperazine rings is 1.